The van der Waals surface area contributed by atoms with E-state index in [1.807, 2.05) is 11.8 Å². The molecule has 78 valence electrons. The predicted octanol–water partition coefficient (Wildman–Crippen LogP) is 0.167. The maximum Gasteiger partial charge on any atom is 0.0938 e. The van der Waals surface area contributed by atoms with Crippen molar-refractivity contribution in [3.63, 3.8) is 0 Å². The fourth-order valence-corrected chi connectivity index (χ4v) is 2.19. The van der Waals surface area contributed by atoms with Crippen LogP contribution in [0.2, 0.25) is 0 Å². The van der Waals surface area contributed by atoms with Gasteiger partial charge in [-0.2, -0.15) is 11.8 Å². The summed E-state index contributed by atoms with van der Waals surface area (Å²) in [4.78, 5) is 2.13. The molecule has 3 nitrogen and oxygen atoms in total. The number of nitrogens with zero attached hydrogens (tertiary/aromatic N) is 1. The summed E-state index contributed by atoms with van der Waals surface area (Å²) in [5.41, 5.74) is 0. The summed E-state index contributed by atoms with van der Waals surface area (Å²) >= 11 is 1.94. The zero-order valence-electron chi connectivity index (χ0n) is 8.15. The number of aliphatic hydroxyl groups excluding tert-OH is 2. The van der Waals surface area contributed by atoms with Gasteiger partial charge in [-0.3, -0.25) is 4.90 Å². The van der Waals surface area contributed by atoms with Crippen LogP contribution in [0.25, 0.3) is 0 Å². The third-order valence-corrected chi connectivity index (χ3v) is 3.29. The van der Waals surface area contributed by atoms with Gasteiger partial charge in [0.05, 0.1) is 12.2 Å². The van der Waals surface area contributed by atoms with E-state index in [1.165, 1.54) is 11.5 Å². The molecule has 0 amide bonds. The quantitative estimate of drug-likeness (QED) is 0.628. The third kappa shape index (κ3) is 3.85. The van der Waals surface area contributed by atoms with Gasteiger partial charge in [-0.15, -0.1) is 0 Å². The average Bonchev–Trinajstić information content (AvgIpc) is 2.41. The Labute approximate surface area is 84.1 Å². The first-order valence-electron chi connectivity index (χ1n) is 4.90. The molecule has 0 spiro atoms. The second-order valence-corrected chi connectivity index (χ2v) is 4.84. The Morgan fingerprint density at radius 1 is 1.31 bits per heavy atom. The van der Waals surface area contributed by atoms with Gasteiger partial charge in [0.15, 0.2) is 0 Å². The lowest BCUT2D eigenvalue weighted by molar-refractivity contribution is 0.0572. The lowest BCUT2D eigenvalue weighted by atomic mass is 10.3. The molecule has 1 aliphatic heterocycles. The predicted molar refractivity (Wildman–Crippen MR) is 56.1 cm³/mol. The molecule has 4 heteroatoms. The van der Waals surface area contributed by atoms with Crippen molar-refractivity contribution < 1.29 is 10.2 Å². The van der Waals surface area contributed by atoms with Crippen molar-refractivity contribution in [2.45, 2.75) is 25.6 Å². The van der Waals surface area contributed by atoms with Crippen molar-refractivity contribution in [1.29, 1.82) is 0 Å². The maximum atomic E-state index is 9.27. The van der Waals surface area contributed by atoms with E-state index in [2.05, 4.69) is 11.8 Å². The van der Waals surface area contributed by atoms with E-state index < -0.39 is 12.2 Å². The van der Waals surface area contributed by atoms with Gasteiger partial charge in [0.25, 0.3) is 0 Å². The molecule has 1 rings (SSSR count). The molecule has 1 heterocycles. The molecular weight excluding hydrogens is 186 g/mol. The Bertz CT molecular complexity index is 136. The van der Waals surface area contributed by atoms with Crippen LogP contribution in [0.5, 0.6) is 0 Å². The number of likely N-dealkylation sites (tertiary alicyclic amines) is 1. The van der Waals surface area contributed by atoms with Crippen LogP contribution >= 0.6 is 11.8 Å². The number of β-amino-alcohol motifs (C(OH)–C–C–N with tert-alkyl or cyclic N) is 2. The normalized spacial score (nSPS) is 29.8. The molecule has 0 saturated carbocycles. The number of aliphatic hydroxyl groups is 2. The van der Waals surface area contributed by atoms with Crippen molar-refractivity contribution in [2.24, 2.45) is 0 Å². The second kappa shape index (κ2) is 5.86. The zero-order chi connectivity index (χ0) is 9.68. The Balaban J connectivity index is 2.03. The number of rotatable bonds is 5. The highest BCUT2D eigenvalue weighted by Crippen LogP contribution is 2.11. The first-order chi connectivity index (χ1) is 6.24. The van der Waals surface area contributed by atoms with Gasteiger partial charge in [0.1, 0.15) is 0 Å². The van der Waals surface area contributed by atoms with E-state index in [-0.39, 0.29) is 0 Å². The van der Waals surface area contributed by atoms with Gasteiger partial charge in [-0.1, -0.05) is 6.92 Å². The van der Waals surface area contributed by atoms with Crippen molar-refractivity contribution in [1.82, 2.24) is 4.90 Å². The largest absolute Gasteiger partial charge is 0.389 e. The van der Waals surface area contributed by atoms with E-state index in [9.17, 15) is 10.2 Å². The molecule has 0 aromatic rings. The second-order valence-electron chi connectivity index (χ2n) is 3.44. The maximum absolute atomic E-state index is 9.27. The molecule has 0 bridgehead atoms. The van der Waals surface area contributed by atoms with Crippen LogP contribution in [-0.4, -0.2) is 58.5 Å². The van der Waals surface area contributed by atoms with Gasteiger partial charge in [0, 0.05) is 13.1 Å². The van der Waals surface area contributed by atoms with Crippen molar-refractivity contribution in [3.05, 3.63) is 0 Å². The van der Waals surface area contributed by atoms with E-state index in [1.54, 1.807) is 0 Å². The monoisotopic (exact) mass is 205 g/mol. The summed E-state index contributed by atoms with van der Waals surface area (Å²) in [5, 5.41) is 18.5. The number of hydrogen-bond acceptors (Lipinski definition) is 4. The molecule has 1 saturated heterocycles. The van der Waals surface area contributed by atoms with Crippen LogP contribution < -0.4 is 0 Å². The van der Waals surface area contributed by atoms with Crippen molar-refractivity contribution in [2.75, 3.05) is 31.1 Å². The van der Waals surface area contributed by atoms with E-state index in [4.69, 9.17) is 0 Å². The molecule has 0 aliphatic carbocycles. The minimum absolute atomic E-state index is 0.529. The van der Waals surface area contributed by atoms with Crippen LogP contribution in [0.1, 0.15) is 13.3 Å². The van der Waals surface area contributed by atoms with Crippen LogP contribution in [-0.2, 0) is 0 Å². The van der Waals surface area contributed by atoms with Gasteiger partial charge in [-0.25, -0.2) is 0 Å². The molecule has 0 radical (unpaired) electrons. The topological polar surface area (TPSA) is 43.7 Å². The molecule has 2 atom stereocenters. The zero-order valence-corrected chi connectivity index (χ0v) is 8.96. The molecule has 0 aromatic heterocycles. The van der Waals surface area contributed by atoms with Gasteiger partial charge in [0.2, 0.25) is 0 Å². The lowest BCUT2D eigenvalue weighted by Gasteiger charge is -2.13. The fraction of sp³-hybridized carbons (Fsp3) is 1.00. The number of hydrogen-bond donors (Lipinski definition) is 2. The minimum atomic E-state index is -0.529. The molecular formula is C9H19NO2S. The Kier molecular flexibility index (Phi) is 5.09. The SMILES string of the molecule is CCSCCCN1CC(O)C(O)C1. The minimum Gasteiger partial charge on any atom is -0.389 e. The highest BCUT2D eigenvalue weighted by Gasteiger charge is 2.28. The summed E-state index contributed by atoms with van der Waals surface area (Å²) in [5.74, 6) is 2.35. The molecule has 0 aromatic carbocycles. The highest BCUT2D eigenvalue weighted by molar-refractivity contribution is 7.99. The van der Waals surface area contributed by atoms with E-state index >= 15 is 0 Å². The molecule has 1 fully saturated rings. The number of thioether (sulfide) groups is 1. The molecule has 13 heavy (non-hydrogen) atoms. The van der Waals surface area contributed by atoms with Gasteiger partial charge in [-0.05, 0) is 24.5 Å². The van der Waals surface area contributed by atoms with Crippen LogP contribution in [0.3, 0.4) is 0 Å². The lowest BCUT2D eigenvalue weighted by Crippen LogP contribution is -2.23. The van der Waals surface area contributed by atoms with Crippen LogP contribution in [0, 0.1) is 0 Å². The molecule has 2 unspecified atom stereocenters. The molecule has 1 aliphatic rings. The summed E-state index contributed by atoms with van der Waals surface area (Å²) in [6.07, 6.45) is 0.0930. The first-order valence-corrected chi connectivity index (χ1v) is 6.05. The highest BCUT2D eigenvalue weighted by atomic mass is 32.2. The smallest absolute Gasteiger partial charge is 0.0938 e. The van der Waals surface area contributed by atoms with E-state index in [0.717, 1.165) is 13.0 Å². The first kappa shape index (κ1) is 11.3. The Morgan fingerprint density at radius 3 is 2.46 bits per heavy atom. The standard InChI is InChI=1S/C9H19NO2S/c1-2-13-5-3-4-10-6-8(11)9(12)7-10/h8-9,11-12H,2-7H2,1H3. The Hall–Kier alpha value is 0.230. The average molecular weight is 205 g/mol. The Morgan fingerprint density at radius 2 is 1.92 bits per heavy atom. The van der Waals surface area contributed by atoms with Crippen LogP contribution in [0.4, 0.5) is 0 Å². The van der Waals surface area contributed by atoms with Crippen LogP contribution in [0.15, 0.2) is 0 Å². The third-order valence-electron chi connectivity index (χ3n) is 2.30. The molecule has 2 N–H and O–H groups in total. The summed E-state index contributed by atoms with van der Waals surface area (Å²) in [6.45, 7) is 4.44. The van der Waals surface area contributed by atoms with E-state index in [0.29, 0.717) is 13.1 Å². The van der Waals surface area contributed by atoms with Crippen molar-refractivity contribution in [3.8, 4) is 0 Å². The summed E-state index contributed by atoms with van der Waals surface area (Å²) < 4.78 is 0. The van der Waals surface area contributed by atoms with Crippen molar-refractivity contribution >= 4 is 11.8 Å². The fourth-order valence-electron chi connectivity index (χ4n) is 1.56. The van der Waals surface area contributed by atoms with Gasteiger partial charge < -0.3 is 10.2 Å². The van der Waals surface area contributed by atoms with Gasteiger partial charge >= 0.3 is 0 Å². The summed E-state index contributed by atoms with van der Waals surface area (Å²) in [7, 11) is 0. The summed E-state index contributed by atoms with van der Waals surface area (Å²) in [6, 6.07) is 0.